The quantitative estimate of drug-likeness (QED) is 0.871. The standard InChI is InChI=1S/C14H19ClN2O2/c15-12-5-1-2-6-13(12)16-9-14(18)17-8-11-4-3-7-19-10-11/h1-2,5-6,11,16H,3-4,7-10H2,(H,17,18)/t11-/m1/s1. The summed E-state index contributed by atoms with van der Waals surface area (Å²) in [6, 6.07) is 7.38. The first kappa shape index (κ1) is 14.2. The van der Waals surface area contributed by atoms with Crippen LogP contribution in [0.1, 0.15) is 12.8 Å². The first-order chi connectivity index (χ1) is 9.25. The van der Waals surface area contributed by atoms with Crippen molar-refractivity contribution in [1.29, 1.82) is 0 Å². The number of amides is 1. The number of hydrogen-bond donors (Lipinski definition) is 2. The zero-order valence-corrected chi connectivity index (χ0v) is 11.6. The number of carbonyl (C=O) groups is 1. The van der Waals surface area contributed by atoms with E-state index in [1.54, 1.807) is 6.07 Å². The molecule has 1 aromatic rings. The number of ether oxygens (including phenoxy) is 1. The minimum absolute atomic E-state index is 0.0227. The smallest absolute Gasteiger partial charge is 0.239 e. The number of benzene rings is 1. The van der Waals surface area contributed by atoms with E-state index in [-0.39, 0.29) is 12.5 Å². The maximum atomic E-state index is 11.7. The second-order valence-electron chi connectivity index (χ2n) is 4.72. The fourth-order valence-electron chi connectivity index (χ4n) is 2.07. The van der Waals surface area contributed by atoms with Gasteiger partial charge in [0.25, 0.3) is 0 Å². The molecule has 2 rings (SSSR count). The third-order valence-electron chi connectivity index (χ3n) is 3.16. The first-order valence-corrected chi connectivity index (χ1v) is 6.96. The lowest BCUT2D eigenvalue weighted by Crippen LogP contribution is -2.36. The van der Waals surface area contributed by atoms with Crippen LogP contribution in [0.25, 0.3) is 0 Å². The van der Waals surface area contributed by atoms with Crippen LogP contribution in [-0.2, 0) is 9.53 Å². The van der Waals surface area contributed by atoms with E-state index >= 15 is 0 Å². The third kappa shape index (κ3) is 4.73. The van der Waals surface area contributed by atoms with Crippen LogP contribution in [0, 0.1) is 5.92 Å². The molecule has 1 aliphatic rings. The molecule has 1 aliphatic heterocycles. The van der Waals surface area contributed by atoms with Gasteiger partial charge in [-0.3, -0.25) is 4.79 Å². The van der Waals surface area contributed by atoms with Gasteiger partial charge in [0.1, 0.15) is 0 Å². The van der Waals surface area contributed by atoms with Gasteiger partial charge < -0.3 is 15.4 Å². The van der Waals surface area contributed by atoms with Crippen LogP contribution in [0.15, 0.2) is 24.3 Å². The van der Waals surface area contributed by atoms with Gasteiger partial charge in [-0.25, -0.2) is 0 Å². The van der Waals surface area contributed by atoms with Crippen molar-refractivity contribution in [2.75, 3.05) is 31.6 Å². The summed E-state index contributed by atoms with van der Waals surface area (Å²) in [6.07, 6.45) is 2.20. The van der Waals surface area contributed by atoms with Gasteiger partial charge in [0.05, 0.1) is 23.9 Å². The predicted octanol–water partition coefficient (Wildman–Crippen LogP) is 2.29. The molecule has 1 atom stereocenters. The summed E-state index contributed by atoms with van der Waals surface area (Å²) in [4.78, 5) is 11.7. The van der Waals surface area contributed by atoms with E-state index in [4.69, 9.17) is 16.3 Å². The summed E-state index contributed by atoms with van der Waals surface area (Å²) in [5.74, 6) is 0.420. The van der Waals surface area contributed by atoms with Crippen molar-refractivity contribution in [3.05, 3.63) is 29.3 Å². The number of rotatable bonds is 5. The molecule has 2 N–H and O–H groups in total. The van der Waals surface area contributed by atoms with Crippen LogP contribution >= 0.6 is 11.6 Å². The summed E-state index contributed by atoms with van der Waals surface area (Å²) in [5, 5.41) is 6.56. The molecule has 4 nitrogen and oxygen atoms in total. The zero-order chi connectivity index (χ0) is 13.5. The van der Waals surface area contributed by atoms with E-state index < -0.39 is 0 Å². The highest BCUT2D eigenvalue weighted by atomic mass is 35.5. The molecule has 19 heavy (non-hydrogen) atoms. The molecule has 0 aliphatic carbocycles. The largest absolute Gasteiger partial charge is 0.381 e. The second kappa shape index (κ2) is 7.36. The third-order valence-corrected chi connectivity index (χ3v) is 3.49. The Bertz CT molecular complexity index is 420. The molecule has 1 aromatic carbocycles. The number of carbonyl (C=O) groups excluding carboxylic acids is 1. The maximum absolute atomic E-state index is 11.7. The lowest BCUT2D eigenvalue weighted by Gasteiger charge is -2.22. The average Bonchev–Trinajstić information content (AvgIpc) is 2.45. The van der Waals surface area contributed by atoms with E-state index in [2.05, 4.69) is 10.6 Å². The summed E-state index contributed by atoms with van der Waals surface area (Å²) < 4.78 is 5.38. The van der Waals surface area contributed by atoms with Crippen molar-refractivity contribution in [2.24, 2.45) is 5.92 Å². The number of hydrogen-bond acceptors (Lipinski definition) is 3. The van der Waals surface area contributed by atoms with E-state index in [0.717, 1.165) is 31.7 Å². The average molecular weight is 283 g/mol. The van der Waals surface area contributed by atoms with E-state index in [0.29, 0.717) is 17.5 Å². The highest BCUT2D eigenvalue weighted by molar-refractivity contribution is 6.33. The molecular weight excluding hydrogens is 264 g/mol. The first-order valence-electron chi connectivity index (χ1n) is 6.58. The molecule has 0 aromatic heterocycles. The molecule has 1 amide bonds. The van der Waals surface area contributed by atoms with Gasteiger partial charge >= 0.3 is 0 Å². The van der Waals surface area contributed by atoms with Crippen LogP contribution in [-0.4, -0.2) is 32.2 Å². The zero-order valence-electron chi connectivity index (χ0n) is 10.8. The molecule has 0 unspecified atom stereocenters. The van der Waals surface area contributed by atoms with Gasteiger partial charge in [0.15, 0.2) is 0 Å². The molecular formula is C14H19ClN2O2. The number of anilines is 1. The highest BCUT2D eigenvalue weighted by Crippen LogP contribution is 2.19. The highest BCUT2D eigenvalue weighted by Gasteiger charge is 2.14. The minimum atomic E-state index is -0.0227. The number of halogens is 1. The fourth-order valence-corrected chi connectivity index (χ4v) is 2.27. The van der Waals surface area contributed by atoms with Crippen molar-refractivity contribution >= 4 is 23.2 Å². The van der Waals surface area contributed by atoms with Gasteiger partial charge in [0.2, 0.25) is 5.91 Å². The molecule has 1 saturated heterocycles. The number of nitrogens with one attached hydrogen (secondary N) is 2. The van der Waals surface area contributed by atoms with Crippen molar-refractivity contribution < 1.29 is 9.53 Å². The molecule has 0 spiro atoms. The summed E-state index contributed by atoms with van der Waals surface area (Å²) in [5.41, 5.74) is 0.778. The van der Waals surface area contributed by atoms with Gasteiger partial charge in [0, 0.05) is 13.2 Å². The second-order valence-corrected chi connectivity index (χ2v) is 5.13. The molecule has 104 valence electrons. The van der Waals surface area contributed by atoms with Crippen LogP contribution in [0.5, 0.6) is 0 Å². The normalized spacial score (nSPS) is 18.9. The van der Waals surface area contributed by atoms with Gasteiger partial charge in [-0.1, -0.05) is 23.7 Å². The Kier molecular flexibility index (Phi) is 5.48. The molecule has 0 bridgehead atoms. The fraction of sp³-hybridized carbons (Fsp3) is 0.500. The van der Waals surface area contributed by atoms with E-state index in [9.17, 15) is 4.79 Å². The molecule has 0 radical (unpaired) electrons. The Hall–Kier alpha value is -1.26. The van der Waals surface area contributed by atoms with Crippen LogP contribution in [0.4, 0.5) is 5.69 Å². The van der Waals surface area contributed by atoms with Gasteiger partial charge in [-0.15, -0.1) is 0 Å². The monoisotopic (exact) mass is 282 g/mol. The summed E-state index contributed by atoms with van der Waals surface area (Å²) >= 11 is 6.00. The van der Waals surface area contributed by atoms with E-state index in [1.165, 1.54) is 0 Å². The Morgan fingerprint density at radius 1 is 1.42 bits per heavy atom. The molecule has 5 heteroatoms. The Balaban J connectivity index is 1.68. The van der Waals surface area contributed by atoms with Crippen LogP contribution < -0.4 is 10.6 Å². The maximum Gasteiger partial charge on any atom is 0.239 e. The molecule has 0 saturated carbocycles. The topological polar surface area (TPSA) is 50.4 Å². The van der Waals surface area contributed by atoms with Gasteiger partial charge in [-0.2, -0.15) is 0 Å². The predicted molar refractivity (Wildman–Crippen MR) is 76.5 cm³/mol. The number of para-hydroxylation sites is 1. The van der Waals surface area contributed by atoms with Crippen molar-refractivity contribution in [1.82, 2.24) is 5.32 Å². The lowest BCUT2D eigenvalue weighted by atomic mass is 10.0. The minimum Gasteiger partial charge on any atom is -0.381 e. The van der Waals surface area contributed by atoms with E-state index in [1.807, 2.05) is 18.2 Å². The summed E-state index contributed by atoms with van der Waals surface area (Å²) in [6.45, 7) is 2.51. The van der Waals surface area contributed by atoms with Crippen LogP contribution in [0.3, 0.4) is 0 Å². The molecule has 1 fully saturated rings. The summed E-state index contributed by atoms with van der Waals surface area (Å²) in [7, 11) is 0. The van der Waals surface area contributed by atoms with Gasteiger partial charge in [-0.05, 0) is 30.9 Å². The van der Waals surface area contributed by atoms with Crippen molar-refractivity contribution in [2.45, 2.75) is 12.8 Å². The lowest BCUT2D eigenvalue weighted by molar-refractivity contribution is -0.119. The van der Waals surface area contributed by atoms with Crippen LogP contribution in [0.2, 0.25) is 5.02 Å². The molecule has 1 heterocycles. The van der Waals surface area contributed by atoms with Crippen molar-refractivity contribution in [3.8, 4) is 0 Å². The Labute approximate surface area is 118 Å². The van der Waals surface area contributed by atoms with Crippen molar-refractivity contribution in [3.63, 3.8) is 0 Å². The Morgan fingerprint density at radius 2 is 2.26 bits per heavy atom. The SMILES string of the molecule is O=C(CNc1ccccc1Cl)NC[C@H]1CCCOC1. The Morgan fingerprint density at radius 3 is 3.00 bits per heavy atom.